The molecule has 7 nitrogen and oxygen atoms in total. The van der Waals surface area contributed by atoms with Crippen molar-refractivity contribution in [1.29, 1.82) is 0 Å². The molecular weight excluding hydrogens is 399 g/mol. The van der Waals surface area contributed by atoms with Gasteiger partial charge in [0.05, 0.1) is 17.3 Å². The van der Waals surface area contributed by atoms with Crippen molar-refractivity contribution in [2.75, 3.05) is 7.11 Å². The van der Waals surface area contributed by atoms with Gasteiger partial charge in [0.1, 0.15) is 23.5 Å². The zero-order chi connectivity index (χ0) is 20.5. The average Bonchev–Trinajstić information content (AvgIpc) is 3.03. The van der Waals surface area contributed by atoms with Crippen LogP contribution in [0.3, 0.4) is 0 Å². The zero-order valence-corrected chi connectivity index (χ0v) is 15.9. The van der Waals surface area contributed by atoms with E-state index in [1.807, 2.05) is 0 Å². The van der Waals surface area contributed by atoms with Crippen LogP contribution < -0.4 is 10.4 Å². The number of para-hydroxylation sites is 1. The van der Waals surface area contributed by atoms with Gasteiger partial charge in [-0.25, -0.2) is 9.18 Å². The summed E-state index contributed by atoms with van der Waals surface area (Å²) in [5.41, 5.74) is -0.188. The van der Waals surface area contributed by atoms with Crippen LogP contribution in [0.1, 0.15) is 10.4 Å². The minimum atomic E-state index is -0.824. The van der Waals surface area contributed by atoms with Gasteiger partial charge in [0.15, 0.2) is 4.80 Å². The molecule has 2 heterocycles. The van der Waals surface area contributed by atoms with Crippen LogP contribution in [0.15, 0.2) is 62.7 Å². The monoisotopic (exact) mass is 412 g/mol. The maximum absolute atomic E-state index is 13.6. The molecule has 0 radical (unpaired) electrons. The Morgan fingerprint density at radius 3 is 2.79 bits per heavy atom. The number of nitrogens with zero attached hydrogens (tertiary/aromatic N) is 2. The molecule has 4 aromatic rings. The fourth-order valence-corrected chi connectivity index (χ4v) is 3.89. The molecule has 0 N–H and O–H groups in total. The molecule has 9 heteroatoms. The highest BCUT2D eigenvalue weighted by Gasteiger charge is 2.16. The van der Waals surface area contributed by atoms with E-state index in [9.17, 15) is 18.8 Å². The van der Waals surface area contributed by atoms with E-state index >= 15 is 0 Å². The lowest BCUT2D eigenvalue weighted by molar-refractivity contribution is -0.141. The van der Waals surface area contributed by atoms with E-state index < -0.39 is 23.3 Å². The Morgan fingerprint density at radius 2 is 2.00 bits per heavy atom. The van der Waals surface area contributed by atoms with Crippen LogP contribution in [0.2, 0.25) is 0 Å². The lowest BCUT2D eigenvalue weighted by Gasteiger charge is -2.03. The normalized spacial score (nSPS) is 11.9. The van der Waals surface area contributed by atoms with Crippen LogP contribution in [-0.4, -0.2) is 23.6 Å². The van der Waals surface area contributed by atoms with E-state index in [-0.39, 0.29) is 16.9 Å². The lowest BCUT2D eigenvalue weighted by Crippen LogP contribution is -2.23. The van der Waals surface area contributed by atoms with Gasteiger partial charge in [0.2, 0.25) is 0 Å². The fourth-order valence-electron chi connectivity index (χ4n) is 2.84. The minimum Gasteiger partial charge on any atom is -0.468 e. The Hall–Kier alpha value is -3.59. The number of benzene rings is 2. The molecule has 0 saturated carbocycles. The van der Waals surface area contributed by atoms with Gasteiger partial charge in [-0.05, 0) is 30.3 Å². The third-order valence-corrected chi connectivity index (χ3v) is 5.27. The van der Waals surface area contributed by atoms with Crippen LogP contribution >= 0.6 is 11.3 Å². The van der Waals surface area contributed by atoms with Crippen LogP contribution in [0.4, 0.5) is 4.39 Å². The largest absolute Gasteiger partial charge is 0.468 e. The van der Waals surface area contributed by atoms with Crippen LogP contribution in [0.25, 0.3) is 21.2 Å². The molecule has 4 rings (SSSR count). The molecule has 0 saturated heterocycles. The van der Waals surface area contributed by atoms with Gasteiger partial charge in [0, 0.05) is 5.39 Å². The summed E-state index contributed by atoms with van der Waals surface area (Å²) in [6, 6.07) is 12.2. The highest BCUT2D eigenvalue weighted by atomic mass is 32.1. The van der Waals surface area contributed by atoms with E-state index in [4.69, 9.17) is 4.42 Å². The molecule has 2 aromatic heterocycles. The Bertz CT molecular complexity index is 1400. The smallest absolute Gasteiger partial charge is 0.349 e. The standard InChI is InChI=1S/C20H13FN2O5S/c1-27-17(24)10-23-14-7-6-12(21)9-16(14)29-20(23)22-18(25)13-8-11-4-2-3-5-15(11)28-19(13)26/h2-9H,10H2,1H3. The van der Waals surface area contributed by atoms with Crippen LogP contribution in [0.5, 0.6) is 0 Å². The number of esters is 1. The molecule has 0 aliphatic heterocycles. The molecule has 0 bridgehead atoms. The van der Waals surface area contributed by atoms with Gasteiger partial charge in [-0.1, -0.05) is 29.5 Å². The molecule has 2 aromatic carbocycles. The van der Waals surface area contributed by atoms with Crippen molar-refractivity contribution in [3.8, 4) is 0 Å². The van der Waals surface area contributed by atoms with E-state index in [2.05, 4.69) is 9.73 Å². The Labute approximate surface area is 166 Å². The third-order valence-electron chi connectivity index (χ3n) is 4.23. The summed E-state index contributed by atoms with van der Waals surface area (Å²) in [6.45, 7) is -0.222. The number of carbonyl (C=O) groups excluding carboxylic acids is 2. The summed E-state index contributed by atoms with van der Waals surface area (Å²) >= 11 is 1.02. The molecule has 0 unspecified atom stereocenters. The number of hydrogen-bond donors (Lipinski definition) is 0. The maximum atomic E-state index is 13.6. The van der Waals surface area contributed by atoms with Crippen molar-refractivity contribution in [1.82, 2.24) is 4.57 Å². The molecule has 0 fully saturated rings. The molecule has 146 valence electrons. The highest BCUT2D eigenvalue weighted by Crippen LogP contribution is 2.19. The van der Waals surface area contributed by atoms with Gasteiger partial charge in [-0.15, -0.1) is 0 Å². The Balaban J connectivity index is 1.88. The van der Waals surface area contributed by atoms with Gasteiger partial charge < -0.3 is 13.7 Å². The second-order valence-corrected chi connectivity index (χ2v) is 7.07. The average molecular weight is 412 g/mol. The third kappa shape index (κ3) is 3.59. The summed E-state index contributed by atoms with van der Waals surface area (Å²) in [4.78, 5) is 40.9. The molecule has 0 aliphatic rings. The summed E-state index contributed by atoms with van der Waals surface area (Å²) in [5.74, 6) is -1.85. The van der Waals surface area contributed by atoms with Crippen LogP contribution in [0, 0.1) is 5.82 Å². The molecular formula is C20H13FN2O5S. The van der Waals surface area contributed by atoms with Gasteiger partial charge >= 0.3 is 11.6 Å². The molecule has 0 aliphatic carbocycles. The molecule has 0 spiro atoms. The number of thiazole rings is 1. The molecule has 1 amide bonds. The predicted molar refractivity (Wildman–Crippen MR) is 104 cm³/mol. The summed E-state index contributed by atoms with van der Waals surface area (Å²) in [7, 11) is 1.24. The first kappa shape index (κ1) is 18.8. The van der Waals surface area contributed by atoms with Crippen molar-refractivity contribution in [2.45, 2.75) is 6.54 Å². The number of rotatable bonds is 3. The van der Waals surface area contributed by atoms with E-state index in [0.717, 1.165) is 11.3 Å². The zero-order valence-electron chi connectivity index (χ0n) is 15.0. The van der Waals surface area contributed by atoms with Gasteiger partial charge in [-0.3, -0.25) is 9.59 Å². The second-order valence-electron chi connectivity index (χ2n) is 6.06. The van der Waals surface area contributed by atoms with Crippen molar-refractivity contribution in [3.63, 3.8) is 0 Å². The topological polar surface area (TPSA) is 90.9 Å². The molecule has 29 heavy (non-hydrogen) atoms. The second kappa shape index (κ2) is 7.44. The van der Waals surface area contributed by atoms with Crippen molar-refractivity contribution < 1.29 is 23.1 Å². The first-order chi connectivity index (χ1) is 14.0. The molecule has 0 atom stereocenters. The summed E-state index contributed by atoms with van der Waals surface area (Å²) < 4.78 is 25.4. The van der Waals surface area contributed by atoms with Gasteiger partial charge in [-0.2, -0.15) is 4.99 Å². The maximum Gasteiger partial charge on any atom is 0.349 e. The first-order valence-corrected chi connectivity index (χ1v) is 9.25. The van der Waals surface area contributed by atoms with Crippen molar-refractivity contribution in [2.24, 2.45) is 4.99 Å². The number of carbonyl (C=O) groups is 2. The van der Waals surface area contributed by atoms with Crippen molar-refractivity contribution in [3.05, 3.63) is 75.1 Å². The van der Waals surface area contributed by atoms with Crippen molar-refractivity contribution >= 4 is 44.4 Å². The van der Waals surface area contributed by atoms with Gasteiger partial charge in [0.25, 0.3) is 5.91 Å². The summed E-state index contributed by atoms with van der Waals surface area (Å²) in [6.07, 6.45) is 0. The number of halogens is 1. The van der Waals surface area contributed by atoms with E-state index in [1.54, 1.807) is 24.3 Å². The van der Waals surface area contributed by atoms with Crippen LogP contribution in [-0.2, 0) is 16.1 Å². The number of amides is 1. The number of aromatic nitrogens is 1. The SMILES string of the molecule is COC(=O)Cn1c(=NC(=O)c2cc3ccccc3oc2=O)sc2cc(F)ccc21. The quantitative estimate of drug-likeness (QED) is 0.381. The summed E-state index contributed by atoms with van der Waals surface area (Å²) in [5, 5.41) is 0.575. The Morgan fingerprint density at radius 1 is 1.21 bits per heavy atom. The highest BCUT2D eigenvalue weighted by molar-refractivity contribution is 7.16. The first-order valence-electron chi connectivity index (χ1n) is 8.44. The van der Waals surface area contributed by atoms with E-state index in [0.29, 0.717) is 21.2 Å². The number of fused-ring (bicyclic) bond motifs is 2. The lowest BCUT2D eigenvalue weighted by atomic mass is 10.2. The number of hydrogen-bond acceptors (Lipinski definition) is 6. The predicted octanol–water partition coefficient (Wildman–Crippen LogP) is 2.86. The number of ether oxygens (including phenoxy) is 1. The fraction of sp³-hybridized carbons (Fsp3) is 0.100. The van der Waals surface area contributed by atoms with E-state index in [1.165, 1.54) is 35.9 Å². The number of methoxy groups -OCH3 is 1. The Kier molecular flexibility index (Phi) is 4.81. The minimum absolute atomic E-state index is 0.133.